The summed E-state index contributed by atoms with van der Waals surface area (Å²) in [7, 11) is -2.01. The molecule has 2 N–H and O–H groups in total. The van der Waals surface area contributed by atoms with Gasteiger partial charge in [-0.2, -0.15) is 0 Å². The van der Waals surface area contributed by atoms with Gasteiger partial charge in [-0.05, 0) is 35.6 Å². The first-order valence-electron chi connectivity index (χ1n) is 13.3. The van der Waals surface area contributed by atoms with E-state index in [-0.39, 0.29) is 23.6 Å². The maximum Gasteiger partial charge on any atom is 0.293 e. The maximum absolute atomic E-state index is 13.8. The average Bonchev–Trinajstić information content (AvgIpc) is 3.24. The average molecular weight is 555 g/mol. The number of ether oxygens (including phenoxy) is 1. The molecule has 0 aliphatic carbocycles. The van der Waals surface area contributed by atoms with Crippen molar-refractivity contribution in [1.82, 2.24) is 15.2 Å². The smallest absolute Gasteiger partial charge is 0.293 e. The third-order valence-electron chi connectivity index (χ3n) is 7.24. The van der Waals surface area contributed by atoms with Crippen LogP contribution in [0.3, 0.4) is 0 Å². The molecule has 0 saturated carbocycles. The predicted molar refractivity (Wildman–Crippen MR) is 154 cm³/mol. The van der Waals surface area contributed by atoms with Gasteiger partial charge < -0.3 is 19.9 Å². The van der Waals surface area contributed by atoms with E-state index in [1.54, 1.807) is 6.07 Å². The second-order valence-electron chi connectivity index (χ2n) is 10.7. The summed E-state index contributed by atoms with van der Waals surface area (Å²) >= 11 is 0. The molecule has 1 aromatic heterocycles. The van der Waals surface area contributed by atoms with Crippen LogP contribution in [-0.2, 0) is 32.5 Å². The van der Waals surface area contributed by atoms with Crippen LogP contribution < -0.4 is 14.9 Å². The van der Waals surface area contributed by atoms with Crippen LogP contribution in [-0.4, -0.2) is 62.9 Å². The lowest BCUT2D eigenvalue weighted by Crippen LogP contribution is -2.50. The minimum atomic E-state index is -3.54. The molecule has 210 valence electrons. The Hall–Kier alpha value is -3.37. The Morgan fingerprint density at radius 1 is 1.13 bits per heavy atom. The van der Waals surface area contributed by atoms with Gasteiger partial charge in [0.05, 0.1) is 23.0 Å². The van der Waals surface area contributed by atoms with Gasteiger partial charge in [-0.15, -0.1) is 0 Å². The Morgan fingerprint density at radius 2 is 1.85 bits per heavy atom. The zero-order valence-corrected chi connectivity index (χ0v) is 24.0. The summed E-state index contributed by atoms with van der Waals surface area (Å²) < 4.78 is 34.6. The van der Waals surface area contributed by atoms with Gasteiger partial charge in [0.15, 0.2) is 0 Å². The van der Waals surface area contributed by atoms with Crippen molar-refractivity contribution in [3.05, 3.63) is 65.4 Å². The van der Waals surface area contributed by atoms with Crippen molar-refractivity contribution in [2.45, 2.75) is 64.8 Å². The highest BCUT2D eigenvalue weighted by Crippen LogP contribution is 2.37. The molecule has 0 unspecified atom stereocenters. The second kappa shape index (κ2) is 11.8. The Balaban J connectivity index is 1.76. The number of hydrogen-bond acceptors (Lipinski definition) is 6. The fourth-order valence-corrected chi connectivity index (χ4v) is 6.19. The Bertz CT molecular complexity index is 1430. The highest BCUT2D eigenvalue weighted by atomic mass is 32.2. The number of aromatic nitrogens is 1. The van der Waals surface area contributed by atoms with Crippen molar-refractivity contribution in [1.29, 1.82) is 0 Å². The number of sulfonamides is 1. The molecule has 1 amide bonds. The van der Waals surface area contributed by atoms with Crippen molar-refractivity contribution >= 4 is 39.0 Å². The van der Waals surface area contributed by atoms with Gasteiger partial charge in [0.2, 0.25) is 10.0 Å². The quantitative estimate of drug-likeness (QED) is 0.352. The molecule has 0 bridgehead atoms. The number of rotatable bonds is 11. The fraction of sp³-hybridized carbons (Fsp3) is 0.448. The number of carbonyl (C=O) groups is 2. The molecule has 2 aromatic carbocycles. The summed E-state index contributed by atoms with van der Waals surface area (Å²) in [5, 5.41) is 7.25. The van der Waals surface area contributed by atoms with Gasteiger partial charge in [0.1, 0.15) is 6.10 Å². The number of anilines is 1. The van der Waals surface area contributed by atoms with Gasteiger partial charge in [-0.25, -0.2) is 8.42 Å². The minimum absolute atomic E-state index is 0.0201. The van der Waals surface area contributed by atoms with Crippen LogP contribution >= 0.6 is 0 Å². The van der Waals surface area contributed by atoms with E-state index in [1.165, 1.54) is 11.4 Å². The number of nitrogens with one attached hydrogen (secondary N) is 2. The zero-order chi connectivity index (χ0) is 28.3. The summed E-state index contributed by atoms with van der Waals surface area (Å²) in [5.41, 5.74) is 3.67. The number of benzene rings is 2. The van der Waals surface area contributed by atoms with Crippen LogP contribution in [0.1, 0.15) is 55.1 Å². The van der Waals surface area contributed by atoms with Crippen LogP contribution in [0.4, 0.5) is 5.69 Å². The first-order chi connectivity index (χ1) is 18.5. The van der Waals surface area contributed by atoms with Crippen LogP contribution in [0.15, 0.2) is 48.7 Å². The molecule has 1 aliphatic heterocycles. The van der Waals surface area contributed by atoms with Gasteiger partial charge in [0.25, 0.3) is 12.4 Å². The van der Waals surface area contributed by atoms with Gasteiger partial charge in [0, 0.05) is 43.3 Å². The molecular weight excluding hydrogens is 516 g/mol. The molecule has 39 heavy (non-hydrogen) atoms. The molecule has 1 aliphatic rings. The van der Waals surface area contributed by atoms with Crippen molar-refractivity contribution in [3.63, 3.8) is 0 Å². The lowest BCUT2D eigenvalue weighted by atomic mass is 9.98. The topological polar surface area (TPSA) is 110 Å². The van der Waals surface area contributed by atoms with Gasteiger partial charge >= 0.3 is 0 Å². The molecule has 4 rings (SSSR count). The molecule has 0 spiro atoms. The van der Waals surface area contributed by atoms with E-state index >= 15 is 0 Å². The Labute approximate surface area is 230 Å². The van der Waals surface area contributed by atoms with Crippen LogP contribution in [0.5, 0.6) is 0 Å². The number of aryl methyl sites for hydroxylation is 1. The SMILES string of the molecule is CC(C)NC[C@@H](OC=O)[C@H](Cc1ccccc1)NC(=O)c1cc2c3c(c1)c(C(C)C)cn3CCS(=O)(=O)N2C. The minimum Gasteiger partial charge on any atom is -0.461 e. The standard InChI is InChI=1S/C29H38N4O5S/c1-19(2)24-17-33-11-12-39(36,37)32(5)26-15-22(14-23(24)28(26)33)29(35)31-25(13-21-9-7-6-8-10-21)27(38-18-34)16-30-20(3)4/h6-10,14-15,17-20,25,27,30H,11-13,16H2,1-5H3,(H,31,35)/t25-,27+/m0/s1. The third-order valence-corrected chi connectivity index (χ3v) is 8.96. The number of amides is 1. The van der Waals surface area contributed by atoms with Crippen LogP contribution in [0.2, 0.25) is 0 Å². The van der Waals surface area contributed by atoms with Gasteiger partial charge in [-0.1, -0.05) is 58.0 Å². The first-order valence-corrected chi connectivity index (χ1v) is 14.9. The van der Waals surface area contributed by atoms with E-state index in [0.717, 1.165) is 22.0 Å². The van der Waals surface area contributed by atoms with E-state index in [9.17, 15) is 18.0 Å². The second-order valence-corrected chi connectivity index (χ2v) is 12.8. The van der Waals surface area contributed by atoms with E-state index in [0.29, 0.717) is 37.2 Å². The highest BCUT2D eigenvalue weighted by Gasteiger charge is 2.30. The number of nitrogens with zero attached hydrogens (tertiary/aromatic N) is 2. The Kier molecular flexibility index (Phi) is 8.66. The predicted octanol–water partition coefficient (Wildman–Crippen LogP) is 3.43. The maximum atomic E-state index is 13.8. The molecule has 0 saturated heterocycles. The van der Waals surface area contributed by atoms with E-state index in [1.807, 2.05) is 61.0 Å². The normalized spacial score (nSPS) is 16.2. The zero-order valence-electron chi connectivity index (χ0n) is 23.2. The molecule has 10 heteroatoms. The number of hydrogen-bond donors (Lipinski definition) is 2. The monoisotopic (exact) mass is 554 g/mol. The summed E-state index contributed by atoms with van der Waals surface area (Å²) in [4.78, 5) is 25.2. The third kappa shape index (κ3) is 6.28. The number of carbonyl (C=O) groups excluding carboxylic acids is 2. The molecule has 2 heterocycles. The largest absolute Gasteiger partial charge is 0.461 e. The van der Waals surface area contributed by atoms with Crippen molar-refractivity contribution in [2.24, 2.45) is 0 Å². The Morgan fingerprint density at radius 3 is 2.49 bits per heavy atom. The summed E-state index contributed by atoms with van der Waals surface area (Å²) in [6.45, 7) is 9.27. The molecular formula is C29H38N4O5S. The molecule has 2 atom stereocenters. The fourth-order valence-electron chi connectivity index (χ4n) is 5.05. The van der Waals surface area contributed by atoms with Gasteiger partial charge in [-0.3, -0.25) is 13.9 Å². The lowest BCUT2D eigenvalue weighted by Gasteiger charge is -2.28. The van der Waals surface area contributed by atoms with E-state index in [2.05, 4.69) is 24.5 Å². The summed E-state index contributed by atoms with van der Waals surface area (Å²) in [5.74, 6) is -0.205. The molecule has 0 radical (unpaired) electrons. The van der Waals surface area contributed by atoms with E-state index < -0.39 is 22.2 Å². The molecule has 9 nitrogen and oxygen atoms in total. The van der Waals surface area contributed by atoms with Crippen molar-refractivity contribution < 1.29 is 22.7 Å². The molecule has 0 fully saturated rings. The van der Waals surface area contributed by atoms with Crippen molar-refractivity contribution in [2.75, 3.05) is 23.7 Å². The summed E-state index contributed by atoms with van der Waals surface area (Å²) in [6, 6.07) is 12.8. The lowest BCUT2D eigenvalue weighted by molar-refractivity contribution is -0.134. The first kappa shape index (κ1) is 28.6. The van der Waals surface area contributed by atoms with Crippen LogP contribution in [0, 0.1) is 0 Å². The van der Waals surface area contributed by atoms with Crippen LogP contribution in [0.25, 0.3) is 10.9 Å². The highest BCUT2D eigenvalue weighted by molar-refractivity contribution is 7.92. The molecule has 3 aromatic rings. The van der Waals surface area contributed by atoms with E-state index in [4.69, 9.17) is 4.74 Å². The van der Waals surface area contributed by atoms with Crippen molar-refractivity contribution in [3.8, 4) is 0 Å². The summed E-state index contributed by atoms with van der Waals surface area (Å²) in [6.07, 6.45) is 1.83.